The summed E-state index contributed by atoms with van der Waals surface area (Å²) in [4.78, 5) is 11.9. The van der Waals surface area contributed by atoms with Crippen LogP contribution in [-0.4, -0.2) is 12.1 Å². The SMILES string of the molecule is C=CCCCCCCCC(=O)OC(CCC=C)CCCCC. The molecule has 0 saturated heterocycles. The fourth-order valence-corrected chi connectivity index (χ4v) is 2.52. The Balaban J connectivity index is 3.75. The minimum atomic E-state index is -0.0170. The Kier molecular flexibility index (Phi) is 15.5. The summed E-state index contributed by atoms with van der Waals surface area (Å²) < 4.78 is 5.64. The van der Waals surface area contributed by atoms with E-state index in [1.54, 1.807) is 0 Å². The van der Waals surface area contributed by atoms with Crippen molar-refractivity contribution in [2.75, 3.05) is 0 Å². The molecule has 128 valence electrons. The van der Waals surface area contributed by atoms with Crippen LogP contribution in [0.3, 0.4) is 0 Å². The molecule has 0 radical (unpaired) electrons. The Bertz CT molecular complexity index is 283. The van der Waals surface area contributed by atoms with E-state index >= 15 is 0 Å². The van der Waals surface area contributed by atoms with Gasteiger partial charge in [-0.1, -0.05) is 51.2 Å². The van der Waals surface area contributed by atoms with Crippen LogP contribution in [0, 0.1) is 0 Å². The van der Waals surface area contributed by atoms with Crippen LogP contribution in [0.2, 0.25) is 0 Å². The molecule has 0 aromatic heterocycles. The summed E-state index contributed by atoms with van der Waals surface area (Å²) in [7, 11) is 0. The van der Waals surface area contributed by atoms with Gasteiger partial charge in [0.1, 0.15) is 6.10 Å². The summed E-state index contributed by atoms with van der Waals surface area (Å²) in [5.41, 5.74) is 0. The first-order valence-corrected chi connectivity index (χ1v) is 9.15. The fraction of sp³-hybridized carbons (Fsp3) is 0.750. The highest BCUT2D eigenvalue weighted by Gasteiger charge is 2.13. The minimum absolute atomic E-state index is 0.0170. The third-order valence-corrected chi connectivity index (χ3v) is 3.91. The van der Waals surface area contributed by atoms with Crippen molar-refractivity contribution in [1.82, 2.24) is 0 Å². The summed E-state index contributed by atoms with van der Waals surface area (Å²) >= 11 is 0. The maximum Gasteiger partial charge on any atom is 0.306 e. The van der Waals surface area contributed by atoms with Gasteiger partial charge in [0.15, 0.2) is 0 Å². The number of hydrogen-bond acceptors (Lipinski definition) is 2. The lowest BCUT2D eigenvalue weighted by atomic mass is 10.1. The highest BCUT2D eigenvalue weighted by Crippen LogP contribution is 2.15. The fourth-order valence-electron chi connectivity index (χ4n) is 2.52. The monoisotopic (exact) mass is 308 g/mol. The highest BCUT2D eigenvalue weighted by molar-refractivity contribution is 5.69. The van der Waals surface area contributed by atoms with E-state index in [2.05, 4.69) is 20.1 Å². The molecule has 0 aliphatic rings. The van der Waals surface area contributed by atoms with Crippen LogP contribution in [0.15, 0.2) is 25.3 Å². The maximum absolute atomic E-state index is 11.9. The van der Waals surface area contributed by atoms with Crippen molar-refractivity contribution in [3.05, 3.63) is 25.3 Å². The van der Waals surface area contributed by atoms with E-state index in [-0.39, 0.29) is 12.1 Å². The second-order valence-electron chi connectivity index (χ2n) is 6.07. The van der Waals surface area contributed by atoms with Gasteiger partial charge >= 0.3 is 5.97 Å². The Morgan fingerprint density at radius 2 is 1.59 bits per heavy atom. The van der Waals surface area contributed by atoms with Gasteiger partial charge in [-0.3, -0.25) is 4.79 Å². The van der Waals surface area contributed by atoms with Crippen molar-refractivity contribution in [1.29, 1.82) is 0 Å². The number of hydrogen-bond donors (Lipinski definition) is 0. The smallest absolute Gasteiger partial charge is 0.306 e. The molecule has 0 fully saturated rings. The van der Waals surface area contributed by atoms with Crippen LogP contribution >= 0.6 is 0 Å². The molecule has 1 atom stereocenters. The molecule has 0 bridgehead atoms. The van der Waals surface area contributed by atoms with Gasteiger partial charge in [-0.2, -0.15) is 0 Å². The van der Waals surface area contributed by atoms with Crippen molar-refractivity contribution in [3.8, 4) is 0 Å². The van der Waals surface area contributed by atoms with E-state index in [4.69, 9.17) is 4.74 Å². The van der Waals surface area contributed by atoms with Crippen molar-refractivity contribution in [2.24, 2.45) is 0 Å². The lowest BCUT2D eigenvalue weighted by Crippen LogP contribution is -2.18. The number of esters is 1. The number of unbranched alkanes of at least 4 members (excludes halogenated alkanes) is 7. The van der Waals surface area contributed by atoms with E-state index in [0.29, 0.717) is 6.42 Å². The van der Waals surface area contributed by atoms with Crippen molar-refractivity contribution >= 4 is 5.97 Å². The largest absolute Gasteiger partial charge is 0.462 e. The van der Waals surface area contributed by atoms with E-state index in [9.17, 15) is 4.79 Å². The van der Waals surface area contributed by atoms with Crippen molar-refractivity contribution in [2.45, 2.75) is 96.5 Å². The number of carbonyl (C=O) groups is 1. The molecule has 1 unspecified atom stereocenters. The van der Waals surface area contributed by atoms with Gasteiger partial charge < -0.3 is 4.74 Å². The van der Waals surface area contributed by atoms with Gasteiger partial charge in [0.2, 0.25) is 0 Å². The zero-order valence-electron chi connectivity index (χ0n) is 14.7. The normalized spacial score (nSPS) is 11.9. The Hall–Kier alpha value is -1.05. The van der Waals surface area contributed by atoms with Crippen LogP contribution in [0.4, 0.5) is 0 Å². The first kappa shape index (κ1) is 20.9. The second-order valence-corrected chi connectivity index (χ2v) is 6.07. The molecule has 0 aromatic rings. The first-order valence-electron chi connectivity index (χ1n) is 9.15. The molecule has 0 saturated carbocycles. The Labute approximate surface area is 138 Å². The van der Waals surface area contributed by atoms with E-state index in [0.717, 1.165) is 44.9 Å². The molecule has 0 rings (SSSR count). The van der Waals surface area contributed by atoms with Crippen LogP contribution in [0.5, 0.6) is 0 Å². The van der Waals surface area contributed by atoms with Gasteiger partial charge in [-0.05, 0) is 44.9 Å². The predicted octanol–water partition coefficient (Wildman–Crippen LogP) is 6.36. The quantitative estimate of drug-likeness (QED) is 0.188. The maximum atomic E-state index is 11.9. The lowest BCUT2D eigenvalue weighted by Gasteiger charge is -2.17. The molecule has 0 aliphatic carbocycles. The Morgan fingerprint density at radius 1 is 0.909 bits per heavy atom. The van der Waals surface area contributed by atoms with Crippen LogP contribution in [-0.2, 0) is 9.53 Å². The average Bonchev–Trinajstić information content (AvgIpc) is 2.51. The van der Waals surface area contributed by atoms with Crippen LogP contribution < -0.4 is 0 Å². The Morgan fingerprint density at radius 3 is 2.27 bits per heavy atom. The first-order chi connectivity index (χ1) is 10.7. The highest BCUT2D eigenvalue weighted by atomic mass is 16.5. The third-order valence-electron chi connectivity index (χ3n) is 3.91. The third kappa shape index (κ3) is 13.9. The molecular weight excluding hydrogens is 272 g/mol. The molecule has 0 spiro atoms. The molecule has 2 heteroatoms. The minimum Gasteiger partial charge on any atom is -0.462 e. The predicted molar refractivity (Wildman–Crippen MR) is 96.0 cm³/mol. The molecule has 0 aliphatic heterocycles. The van der Waals surface area contributed by atoms with Crippen LogP contribution in [0.25, 0.3) is 0 Å². The molecule has 0 amide bonds. The lowest BCUT2D eigenvalue weighted by molar-refractivity contribution is -0.149. The summed E-state index contributed by atoms with van der Waals surface area (Å²) in [5.74, 6) is -0.0170. The second kappa shape index (κ2) is 16.3. The van der Waals surface area contributed by atoms with Gasteiger partial charge in [-0.15, -0.1) is 13.2 Å². The molecule has 0 N–H and O–H groups in total. The zero-order valence-corrected chi connectivity index (χ0v) is 14.7. The van der Waals surface area contributed by atoms with Gasteiger partial charge in [0.05, 0.1) is 0 Å². The summed E-state index contributed by atoms with van der Waals surface area (Å²) in [6, 6.07) is 0. The standard InChI is InChI=1S/C20H36O2/c1-4-7-10-11-12-13-15-18-20(21)22-19(16-9-6-3)17-14-8-5-2/h4,6,19H,1,3,5,7-18H2,2H3. The summed E-state index contributed by atoms with van der Waals surface area (Å²) in [6.07, 6.45) is 17.8. The molecule has 0 heterocycles. The summed E-state index contributed by atoms with van der Waals surface area (Å²) in [6.45, 7) is 9.67. The van der Waals surface area contributed by atoms with Gasteiger partial charge in [0, 0.05) is 6.42 Å². The zero-order chi connectivity index (χ0) is 16.5. The number of allylic oxidation sites excluding steroid dienone is 2. The van der Waals surface area contributed by atoms with E-state index in [1.165, 1.54) is 32.1 Å². The van der Waals surface area contributed by atoms with E-state index in [1.807, 2.05) is 12.2 Å². The topological polar surface area (TPSA) is 26.3 Å². The van der Waals surface area contributed by atoms with Gasteiger partial charge in [0.25, 0.3) is 0 Å². The van der Waals surface area contributed by atoms with Crippen molar-refractivity contribution in [3.63, 3.8) is 0 Å². The van der Waals surface area contributed by atoms with Crippen molar-refractivity contribution < 1.29 is 9.53 Å². The number of rotatable bonds is 16. The average molecular weight is 309 g/mol. The number of carbonyl (C=O) groups excluding carboxylic acids is 1. The molecule has 2 nitrogen and oxygen atoms in total. The molecule has 0 aromatic carbocycles. The molecule has 22 heavy (non-hydrogen) atoms. The van der Waals surface area contributed by atoms with Crippen LogP contribution in [0.1, 0.15) is 90.4 Å². The summed E-state index contributed by atoms with van der Waals surface area (Å²) in [5, 5.41) is 0. The van der Waals surface area contributed by atoms with E-state index < -0.39 is 0 Å². The van der Waals surface area contributed by atoms with Gasteiger partial charge in [-0.25, -0.2) is 0 Å². The number of ether oxygens (including phenoxy) is 1. The molecular formula is C20H36O2.